The van der Waals surface area contributed by atoms with Crippen LogP contribution in [0.2, 0.25) is 0 Å². The van der Waals surface area contributed by atoms with Gasteiger partial charge in [-0.3, -0.25) is 0 Å². The monoisotopic (exact) mass is 227 g/mol. The Kier molecular flexibility index (Phi) is 3.60. The summed E-state index contributed by atoms with van der Waals surface area (Å²) >= 11 is 0. The lowest BCUT2D eigenvalue weighted by Gasteiger charge is -2.07. The number of aliphatic carboxylic acids is 1. The molecule has 0 aliphatic rings. The second-order valence-corrected chi connectivity index (χ2v) is 3.52. The maximum atomic E-state index is 10.9. The van der Waals surface area contributed by atoms with E-state index >= 15 is 0 Å². The molecule has 7 nitrogen and oxygen atoms in total. The van der Waals surface area contributed by atoms with Crippen LogP contribution in [0.25, 0.3) is 0 Å². The first-order valence-electron chi connectivity index (χ1n) is 4.90. The van der Waals surface area contributed by atoms with Gasteiger partial charge in [-0.1, -0.05) is 13.3 Å². The lowest BCUT2D eigenvalue weighted by molar-refractivity contribution is -0.390. The normalized spacial score (nSPS) is 12.4. The number of carboxylic acids is 1. The summed E-state index contributed by atoms with van der Waals surface area (Å²) in [7, 11) is 0. The highest BCUT2D eigenvalue weighted by molar-refractivity contribution is 5.71. The first-order chi connectivity index (χ1) is 7.47. The van der Waals surface area contributed by atoms with Crippen molar-refractivity contribution in [2.45, 2.75) is 32.7 Å². The Bertz CT molecular complexity index is 413. The van der Waals surface area contributed by atoms with Crippen LogP contribution in [0, 0.1) is 17.0 Å². The van der Waals surface area contributed by atoms with E-state index in [1.165, 1.54) is 13.1 Å². The van der Waals surface area contributed by atoms with Gasteiger partial charge in [0.1, 0.15) is 0 Å². The van der Waals surface area contributed by atoms with Crippen LogP contribution < -0.4 is 0 Å². The van der Waals surface area contributed by atoms with Crippen molar-refractivity contribution < 1.29 is 14.8 Å². The number of hydrogen-bond acceptors (Lipinski definition) is 4. The van der Waals surface area contributed by atoms with Gasteiger partial charge in [0.25, 0.3) is 0 Å². The van der Waals surface area contributed by atoms with Crippen molar-refractivity contribution in [3.05, 3.63) is 21.9 Å². The summed E-state index contributed by atoms with van der Waals surface area (Å²) in [5, 5.41) is 23.2. The molecule has 1 aromatic heterocycles. The van der Waals surface area contributed by atoms with Crippen LogP contribution >= 0.6 is 0 Å². The van der Waals surface area contributed by atoms with Crippen molar-refractivity contribution in [2.75, 3.05) is 0 Å². The predicted octanol–water partition coefficient (Wildman–Crippen LogP) is 1.53. The van der Waals surface area contributed by atoms with Crippen LogP contribution in [0.1, 0.15) is 31.4 Å². The third-order valence-corrected chi connectivity index (χ3v) is 2.23. The van der Waals surface area contributed by atoms with Crippen LogP contribution in [-0.2, 0) is 4.79 Å². The Hall–Kier alpha value is -1.92. The molecule has 1 heterocycles. The van der Waals surface area contributed by atoms with Gasteiger partial charge in [-0.2, -0.15) is 4.68 Å². The Balaban J connectivity index is 3.06. The van der Waals surface area contributed by atoms with E-state index in [-0.39, 0.29) is 5.82 Å². The minimum Gasteiger partial charge on any atom is -0.480 e. The Labute approximate surface area is 91.8 Å². The fourth-order valence-electron chi connectivity index (χ4n) is 1.46. The molecule has 0 fully saturated rings. The van der Waals surface area contributed by atoms with Gasteiger partial charge in [0.2, 0.25) is 0 Å². The summed E-state index contributed by atoms with van der Waals surface area (Å²) in [4.78, 5) is 20.9. The maximum absolute atomic E-state index is 10.9. The Morgan fingerprint density at radius 2 is 2.38 bits per heavy atom. The molecular formula is C9H13N3O4. The van der Waals surface area contributed by atoms with E-state index in [0.717, 1.165) is 4.68 Å². The van der Waals surface area contributed by atoms with E-state index in [9.17, 15) is 14.9 Å². The number of nitrogens with zero attached hydrogens (tertiary/aromatic N) is 3. The average molecular weight is 227 g/mol. The van der Waals surface area contributed by atoms with Crippen LogP contribution in [0.5, 0.6) is 0 Å². The summed E-state index contributed by atoms with van der Waals surface area (Å²) in [6.45, 7) is 3.38. The van der Waals surface area contributed by atoms with Gasteiger partial charge < -0.3 is 15.2 Å². The quantitative estimate of drug-likeness (QED) is 0.607. The summed E-state index contributed by atoms with van der Waals surface area (Å²) in [5.74, 6) is -1.32. The molecule has 1 N–H and O–H groups in total. The predicted molar refractivity (Wildman–Crippen MR) is 55.2 cm³/mol. The van der Waals surface area contributed by atoms with E-state index in [2.05, 4.69) is 5.10 Å². The van der Waals surface area contributed by atoms with Crippen molar-refractivity contribution in [1.29, 1.82) is 0 Å². The first-order valence-corrected chi connectivity index (χ1v) is 4.90. The smallest absolute Gasteiger partial charge is 0.392 e. The lowest BCUT2D eigenvalue weighted by Crippen LogP contribution is -2.19. The van der Waals surface area contributed by atoms with Gasteiger partial charge in [0.05, 0.1) is 16.9 Å². The minimum absolute atomic E-state index is 0.289. The lowest BCUT2D eigenvalue weighted by atomic mass is 10.2. The molecule has 88 valence electrons. The van der Waals surface area contributed by atoms with Crippen LogP contribution in [0.3, 0.4) is 0 Å². The molecule has 1 atom stereocenters. The number of nitro groups is 1. The molecule has 1 aromatic rings. The molecule has 0 saturated carbocycles. The van der Waals surface area contributed by atoms with Crippen molar-refractivity contribution in [3.8, 4) is 0 Å². The average Bonchev–Trinajstić information content (AvgIpc) is 2.56. The van der Waals surface area contributed by atoms with Crippen LogP contribution in [0.4, 0.5) is 5.82 Å². The molecule has 1 unspecified atom stereocenters. The van der Waals surface area contributed by atoms with Gasteiger partial charge >= 0.3 is 11.8 Å². The van der Waals surface area contributed by atoms with Gasteiger partial charge in [0, 0.05) is 0 Å². The number of carboxylic acid groups (broad SMARTS) is 1. The molecule has 0 aliphatic heterocycles. The number of rotatable bonds is 5. The van der Waals surface area contributed by atoms with Crippen LogP contribution in [0.15, 0.2) is 6.20 Å². The SMILES string of the molecule is CCCC(C(=O)O)n1cc(C)c([N+](=O)[O-])n1. The zero-order valence-electron chi connectivity index (χ0n) is 9.08. The van der Waals surface area contributed by atoms with E-state index < -0.39 is 16.9 Å². The summed E-state index contributed by atoms with van der Waals surface area (Å²) in [6.07, 6.45) is 2.46. The summed E-state index contributed by atoms with van der Waals surface area (Å²) in [5.41, 5.74) is 0.368. The zero-order valence-corrected chi connectivity index (χ0v) is 9.08. The van der Waals surface area contributed by atoms with E-state index in [1.807, 2.05) is 6.92 Å². The van der Waals surface area contributed by atoms with Gasteiger partial charge in [0.15, 0.2) is 6.04 Å². The highest BCUT2D eigenvalue weighted by atomic mass is 16.6. The summed E-state index contributed by atoms with van der Waals surface area (Å²) in [6, 6.07) is -0.836. The molecular weight excluding hydrogens is 214 g/mol. The van der Waals surface area contributed by atoms with E-state index in [4.69, 9.17) is 5.11 Å². The third kappa shape index (κ3) is 2.36. The first kappa shape index (κ1) is 12.2. The van der Waals surface area contributed by atoms with Crippen molar-refractivity contribution in [2.24, 2.45) is 0 Å². The van der Waals surface area contributed by atoms with Crippen molar-refractivity contribution in [1.82, 2.24) is 9.78 Å². The molecule has 0 saturated heterocycles. The van der Waals surface area contributed by atoms with Gasteiger partial charge in [-0.05, 0) is 18.3 Å². The van der Waals surface area contributed by atoms with Crippen LogP contribution in [-0.4, -0.2) is 25.8 Å². The number of carbonyl (C=O) groups is 1. The minimum atomic E-state index is -1.03. The molecule has 7 heteroatoms. The van der Waals surface area contributed by atoms with E-state index in [0.29, 0.717) is 18.4 Å². The zero-order chi connectivity index (χ0) is 12.3. The molecule has 0 aromatic carbocycles. The van der Waals surface area contributed by atoms with Crippen molar-refractivity contribution >= 4 is 11.8 Å². The number of hydrogen-bond donors (Lipinski definition) is 1. The van der Waals surface area contributed by atoms with Gasteiger partial charge in [-0.25, -0.2) is 4.79 Å². The van der Waals surface area contributed by atoms with Crippen molar-refractivity contribution in [3.63, 3.8) is 0 Å². The largest absolute Gasteiger partial charge is 0.480 e. The molecule has 0 bridgehead atoms. The highest BCUT2D eigenvalue weighted by Gasteiger charge is 2.26. The number of aromatic nitrogens is 2. The Morgan fingerprint density at radius 3 is 2.75 bits per heavy atom. The molecule has 0 amide bonds. The second kappa shape index (κ2) is 4.73. The molecule has 0 spiro atoms. The standard InChI is InChI=1S/C9H13N3O4/c1-3-4-7(9(13)14)11-5-6(2)8(10-11)12(15)16/h5,7H,3-4H2,1-2H3,(H,13,14). The molecule has 1 rings (SSSR count). The number of aryl methyl sites for hydroxylation is 1. The summed E-state index contributed by atoms with van der Waals surface area (Å²) < 4.78 is 1.15. The van der Waals surface area contributed by atoms with E-state index in [1.54, 1.807) is 0 Å². The van der Waals surface area contributed by atoms with Gasteiger partial charge in [-0.15, -0.1) is 0 Å². The third-order valence-electron chi connectivity index (χ3n) is 2.23. The molecule has 16 heavy (non-hydrogen) atoms. The second-order valence-electron chi connectivity index (χ2n) is 3.52. The Morgan fingerprint density at radius 1 is 1.75 bits per heavy atom. The molecule has 0 aliphatic carbocycles. The highest BCUT2D eigenvalue weighted by Crippen LogP contribution is 2.20. The maximum Gasteiger partial charge on any atom is 0.392 e. The topological polar surface area (TPSA) is 98.3 Å². The fraction of sp³-hybridized carbons (Fsp3) is 0.556. The fourth-order valence-corrected chi connectivity index (χ4v) is 1.46. The molecule has 0 radical (unpaired) electrons.